The van der Waals surface area contributed by atoms with E-state index in [9.17, 15) is 18.0 Å². The van der Waals surface area contributed by atoms with Gasteiger partial charge in [0.2, 0.25) is 0 Å². The minimum atomic E-state index is -4.79. The number of anilines is 1. The maximum absolute atomic E-state index is 12.2. The Labute approximate surface area is 134 Å². The van der Waals surface area contributed by atoms with E-state index in [1.165, 1.54) is 19.2 Å². The van der Waals surface area contributed by atoms with E-state index in [0.717, 1.165) is 19.2 Å². The van der Waals surface area contributed by atoms with Crippen LogP contribution in [0.5, 0.6) is 11.5 Å². The second kappa shape index (κ2) is 6.60. The van der Waals surface area contributed by atoms with Crippen molar-refractivity contribution >= 4 is 11.8 Å². The second-order valence-corrected chi connectivity index (χ2v) is 4.38. The van der Waals surface area contributed by atoms with Crippen LogP contribution in [0, 0.1) is 0 Å². The van der Waals surface area contributed by atoms with Crippen LogP contribution in [0.3, 0.4) is 0 Å². The highest BCUT2D eigenvalue weighted by Crippen LogP contribution is 2.29. The Balaban J connectivity index is 2.42. The van der Waals surface area contributed by atoms with Crippen LogP contribution < -0.4 is 15.2 Å². The lowest BCUT2D eigenvalue weighted by Crippen LogP contribution is -2.17. The smallest absolute Gasteiger partial charge is 0.491 e. The van der Waals surface area contributed by atoms with Crippen molar-refractivity contribution in [1.29, 1.82) is 0 Å². The number of nitrogen functional groups attached to an aromatic ring is 1. The molecule has 0 spiro atoms. The van der Waals surface area contributed by atoms with Gasteiger partial charge in [-0.1, -0.05) is 0 Å². The molecule has 0 saturated carbocycles. The third-order valence-electron chi connectivity index (χ3n) is 2.82. The number of benzene rings is 1. The predicted molar refractivity (Wildman–Crippen MR) is 76.5 cm³/mol. The van der Waals surface area contributed by atoms with Crippen LogP contribution in [0.4, 0.5) is 19.0 Å². The minimum Gasteiger partial charge on any atom is -0.491 e. The molecule has 1 heterocycles. The Hall–Kier alpha value is -3.04. The summed E-state index contributed by atoms with van der Waals surface area (Å²) in [6.07, 6.45) is -4.79. The molecule has 0 aliphatic heterocycles. The zero-order chi connectivity index (χ0) is 17.9. The standard InChI is InChI=1S/C14H12F3N3O4/c1-22-10-9(13(21)23-2)19-12(20-11(10)18)7-3-5-8(6-4-7)24-14(15,16)17/h3-6H,1-2H3,(H2,18,19,20). The Kier molecular flexibility index (Phi) is 4.77. The number of alkyl halides is 3. The molecule has 0 aliphatic rings. The van der Waals surface area contributed by atoms with E-state index in [2.05, 4.69) is 19.4 Å². The number of aromatic nitrogens is 2. The Morgan fingerprint density at radius 1 is 1.12 bits per heavy atom. The lowest BCUT2D eigenvalue weighted by atomic mass is 10.2. The van der Waals surface area contributed by atoms with Crippen LogP contribution in [-0.2, 0) is 4.74 Å². The predicted octanol–water partition coefficient (Wildman–Crippen LogP) is 2.42. The molecule has 0 amide bonds. The first-order chi connectivity index (χ1) is 11.2. The van der Waals surface area contributed by atoms with Gasteiger partial charge in [-0.05, 0) is 24.3 Å². The molecule has 1 aromatic carbocycles. The van der Waals surface area contributed by atoms with Crippen LogP contribution in [-0.4, -0.2) is 36.5 Å². The Morgan fingerprint density at radius 2 is 1.75 bits per heavy atom. The minimum absolute atomic E-state index is 0.0206. The summed E-state index contributed by atoms with van der Waals surface area (Å²) in [5, 5.41) is 0. The molecule has 128 valence electrons. The van der Waals surface area contributed by atoms with Gasteiger partial charge in [0.25, 0.3) is 0 Å². The largest absolute Gasteiger partial charge is 0.573 e. The molecule has 0 bridgehead atoms. The van der Waals surface area contributed by atoms with Crippen molar-refractivity contribution < 1.29 is 32.2 Å². The van der Waals surface area contributed by atoms with E-state index in [1.54, 1.807) is 0 Å². The molecule has 7 nitrogen and oxygen atoms in total. The fourth-order valence-electron chi connectivity index (χ4n) is 1.84. The van der Waals surface area contributed by atoms with Crippen molar-refractivity contribution in [2.24, 2.45) is 0 Å². The van der Waals surface area contributed by atoms with E-state index in [0.29, 0.717) is 5.56 Å². The van der Waals surface area contributed by atoms with E-state index >= 15 is 0 Å². The summed E-state index contributed by atoms with van der Waals surface area (Å²) in [5.74, 6) is -1.34. The van der Waals surface area contributed by atoms with Crippen molar-refractivity contribution in [3.05, 3.63) is 30.0 Å². The number of methoxy groups -OCH3 is 2. The maximum atomic E-state index is 12.2. The van der Waals surface area contributed by atoms with Gasteiger partial charge in [-0.25, -0.2) is 14.8 Å². The number of hydrogen-bond donors (Lipinski definition) is 1. The SMILES string of the molecule is COC(=O)c1nc(-c2ccc(OC(F)(F)F)cc2)nc(N)c1OC. The van der Waals surface area contributed by atoms with Crippen LogP contribution in [0.15, 0.2) is 24.3 Å². The van der Waals surface area contributed by atoms with Crippen LogP contribution in [0.1, 0.15) is 10.5 Å². The van der Waals surface area contributed by atoms with E-state index < -0.39 is 18.1 Å². The van der Waals surface area contributed by atoms with Crippen molar-refractivity contribution in [2.45, 2.75) is 6.36 Å². The summed E-state index contributed by atoms with van der Waals surface area (Å²) in [5.41, 5.74) is 5.85. The summed E-state index contributed by atoms with van der Waals surface area (Å²) in [7, 11) is 2.44. The van der Waals surface area contributed by atoms with Gasteiger partial charge in [0.05, 0.1) is 14.2 Å². The summed E-state index contributed by atoms with van der Waals surface area (Å²) in [6.45, 7) is 0. The zero-order valence-corrected chi connectivity index (χ0v) is 12.5. The molecule has 0 aliphatic carbocycles. The van der Waals surface area contributed by atoms with E-state index in [1.807, 2.05) is 0 Å². The van der Waals surface area contributed by atoms with Crippen molar-refractivity contribution in [3.8, 4) is 22.9 Å². The third-order valence-corrected chi connectivity index (χ3v) is 2.82. The molecule has 1 aromatic heterocycles. The van der Waals surface area contributed by atoms with Crippen molar-refractivity contribution in [3.63, 3.8) is 0 Å². The van der Waals surface area contributed by atoms with Gasteiger partial charge in [-0.2, -0.15) is 0 Å². The van der Waals surface area contributed by atoms with Crippen molar-refractivity contribution in [2.75, 3.05) is 20.0 Å². The molecular weight excluding hydrogens is 331 g/mol. The number of halogens is 3. The van der Waals surface area contributed by atoms with E-state index in [4.69, 9.17) is 10.5 Å². The fraction of sp³-hybridized carbons (Fsp3) is 0.214. The number of nitrogens with two attached hydrogens (primary N) is 1. The highest BCUT2D eigenvalue weighted by atomic mass is 19.4. The lowest BCUT2D eigenvalue weighted by Gasteiger charge is -2.11. The molecule has 0 saturated heterocycles. The topological polar surface area (TPSA) is 96.6 Å². The number of hydrogen-bond acceptors (Lipinski definition) is 7. The zero-order valence-electron chi connectivity index (χ0n) is 12.5. The first kappa shape index (κ1) is 17.3. The molecule has 10 heteroatoms. The molecular formula is C14H12F3N3O4. The Bertz CT molecular complexity index is 748. The van der Waals surface area contributed by atoms with E-state index in [-0.39, 0.29) is 23.1 Å². The number of carbonyl (C=O) groups excluding carboxylic acids is 1. The summed E-state index contributed by atoms with van der Waals surface area (Å²) in [4.78, 5) is 19.7. The first-order valence-corrected chi connectivity index (χ1v) is 6.41. The van der Waals surface area contributed by atoms with Gasteiger partial charge in [0, 0.05) is 5.56 Å². The maximum Gasteiger partial charge on any atom is 0.573 e. The highest BCUT2D eigenvalue weighted by molar-refractivity contribution is 5.92. The quantitative estimate of drug-likeness (QED) is 0.852. The normalized spacial score (nSPS) is 11.0. The van der Waals surface area contributed by atoms with Gasteiger partial charge < -0.3 is 19.9 Å². The second-order valence-electron chi connectivity index (χ2n) is 4.38. The fourth-order valence-corrected chi connectivity index (χ4v) is 1.84. The van der Waals surface area contributed by atoms with Gasteiger partial charge in [-0.15, -0.1) is 13.2 Å². The molecule has 2 aromatic rings. The van der Waals surface area contributed by atoms with Gasteiger partial charge >= 0.3 is 12.3 Å². The number of ether oxygens (including phenoxy) is 3. The third kappa shape index (κ3) is 3.83. The van der Waals surface area contributed by atoms with Gasteiger partial charge in [-0.3, -0.25) is 0 Å². The number of carbonyl (C=O) groups is 1. The molecule has 2 N–H and O–H groups in total. The average molecular weight is 343 g/mol. The monoisotopic (exact) mass is 343 g/mol. The Morgan fingerprint density at radius 3 is 2.25 bits per heavy atom. The van der Waals surface area contributed by atoms with Crippen LogP contribution >= 0.6 is 0 Å². The molecule has 0 radical (unpaired) electrons. The summed E-state index contributed by atoms with van der Waals surface area (Å²) in [6, 6.07) is 4.77. The highest BCUT2D eigenvalue weighted by Gasteiger charge is 2.31. The molecule has 0 fully saturated rings. The van der Waals surface area contributed by atoms with Crippen LogP contribution in [0.2, 0.25) is 0 Å². The van der Waals surface area contributed by atoms with Crippen LogP contribution in [0.25, 0.3) is 11.4 Å². The number of rotatable bonds is 4. The average Bonchev–Trinajstić information content (AvgIpc) is 2.52. The molecule has 2 rings (SSSR count). The number of nitrogens with zero attached hydrogens (tertiary/aromatic N) is 2. The van der Waals surface area contributed by atoms with Crippen molar-refractivity contribution in [1.82, 2.24) is 9.97 Å². The number of esters is 1. The lowest BCUT2D eigenvalue weighted by molar-refractivity contribution is -0.274. The molecule has 24 heavy (non-hydrogen) atoms. The summed E-state index contributed by atoms with van der Waals surface area (Å²) >= 11 is 0. The van der Waals surface area contributed by atoms with Gasteiger partial charge in [0.15, 0.2) is 23.1 Å². The first-order valence-electron chi connectivity index (χ1n) is 6.41. The summed E-state index contributed by atoms with van der Waals surface area (Å²) < 4.78 is 49.8. The molecule has 0 atom stereocenters. The molecule has 0 unspecified atom stereocenters. The van der Waals surface area contributed by atoms with Gasteiger partial charge in [0.1, 0.15) is 5.75 Å².